The van der Waals surface area contributed by atoms with Crippen LogP contribution in [0.1, 0.15) is 6.42 Å². The van der Waals surface area contributed by atoms with Crippen LogP contribution in [0.4, 0.5) is 5.69 Å². The van der Waals surface area contributed by atoms with Gasteiger partial charge in [-0.15, -0.1) is 0 Å². The fourth-order valence-electron chi connectivity index (χ4n) is 1.16. The summed E-state index contributed by atoms with van der Waals surface area (Å²) >= 11 is 0. The van der Waals surface area contributed by atoms with E-state index in [1.165, 1.54) is 19.2 Å². The summed E-state index contributed by atoms with van der Waals surface area (Å²) in [4.78, 5) is 11.3. The van der Waals surface area contributed by atoms with Crippen LogP contribution in [0.3, 0.4) is 0 Å². The molecular weight excluding hydrogens is 209 g/mol. The average molecular weight is 223 g/mol. The minimum absolute atomic E-state index is 0.140. The molecule has 1 aromatic rings. The number of rotatable bonds is 5. The summed E-state index contributed by atoms with van der Waals surface area (Å²) in [7, 11) is 0.0447. The molecule has 0 saturated heterocycles. The molecule has 0 bridgehead atoms. The molecule has 0 radical (unpaired) electrons. The van der Waals surface area contributed by atoms with Crippen molar-refractivity contribution in [2.75, 3.05) is 19.0 Å². The van der Waals surface area contributed by atoms with Crippen molar-refractivity contribution in [2.24, 2.45) is 0 Å². The lowest BCUT2D eigenvalue weighted by molar-refractivity contribution is -0.117. The first-order valence-corrected chi connectivity index (χ1v) is 4.88. The second-order valence-corrected chi connectivity index (χ2v) is 3.29. The molecule has 1 amide bonds. The molecule has 0 heterocycles. The number of nitrogens with one attached hydrogen (secondary N) is 1. The molecule has 0 aliphatic rings. The van der Waals surface area contributed by atoms with E-state index in [-0.39, 0.29) is 5.91 Å². The molecule has 1 aromatic carbocycles. The van der Waals surface area contributed by atoms with Gasteiger partial charge in [0.2, 0.25) is 5.91 Å². The molecule has 0 aromatic heterocycles. The highest BCUT2D eigenvalue weighted by molar-refractivity contribution is 6.58. The second kappa shape index (κ2) is 6.27. The van der Waals surface area contributed by atoms with Crippen LogP contribution in [0.5, 0.6) is 0 Å². The Hall–Kier alpha value is -1.37. The van der Waals surface area contributed by atoms with E-state index in [0.29, 0.717) is 24.2 Å². The summed E-state index contributed by atoms with van der Waals surface area (Å²) < 4.78 is 4.77. The van der Waals surface area contributed by atoms with Crippen LogP contribution in [-0.4, -0.2) is 36.8 Å². The number of benzene rings is 1. The zero-order chi connectivity index (χ0) is 12.0. The van der Waals surface area contributed by atoms with Gasteiger partial charge in [0, 0.05) is 12.8 Å². The highest BCUT2D eigenvalue weighted by Crippen LogP contribution is 2.04. The maximum absolute atomic E-state index is 11.3. The summed E-state index contributed by atoms with van der Waals surface area (Å²) in [5, 5.41) is 20.4. The highest BCUT2D eigenvalue weighted by Gasteiger charge is 2.10. The van der Waals surface area contributed by atoms with Gasteiger partial charge in [0.15, 0.2) is 0 Å². The molecule has 0 spiro atoms. The third-order valence-electron chi connectivity index (χ3n) is 2.03. The number of carbonyl (C=O) groups excluding carboxylic acids is 1. The zero-order valence-electron chi connectivity index (χ0n) is 9.01. The van der Waals surface area contributed by atoms with E-state index >= 15 is 0 Å². The zero-order valence-corrected chi connectivity index (χ0v) is 9.01. The normalized spacial score (nSPS) is 9.94. The maximum atomic E-state index is 11.3. The molecule has 0 unspecified atom stereocenters. The number of hydrogen-bond acceptors (Lipinski definition) is 4. The first-order valence-electron chi connectivity index (χ1n) is 4.88. The van der Waals surface area contributed by atoms with Gasteiger partial charge in [-0.2, -0.15) is 0 Å². The third-order valence-corrected chi connectivity index (χ3v) is 2.03. The quantitative estimate of drug-likeness (QED) is 0.579. The van der Waals surface area contributed by atoms with Crippen molar-refractivity contribution >= 4 is 24.2 Å². The van der Waals surface area contributed by atoms with Gasteiger partial charge in [-0.05, 0) is 17.6 Å². The Kier molecular flexibility index (Phi) is 4.98. The number of hydrogen-bond donors (Lipinski definition) is 3. The van der Waals surface area contributed by atoms with Crippen molar-refractivity contribution in [3.8, 4) is 0 Å². The molecule has 1 rings (SSSR count). The molecule has 0 aliphatic carbocycles. The highest BCUT2D eigenvalue weighted by atomic mass is 16.5. The van der Waals surface area contributed by atoms with E-state index in [0.717, 1.165) is 0 Å². The lowest BCUT2D eigenvalue weighted by Gasteiger charge is -2.05. The van der Waals surface area contributed by atoms with Crippen LogP contribution in [0, 0.1) is 0 Å². The first-order chi connectivity index (χ1) is 7.63. The molecular formula is C10H14BNO4. The molecule has 5 nitrogen and oxygen atoms in total. The standard InChI is InChI=1S/C10H14BNO4/c1-16-7-6-10(13)12-9-4-2-8(3-5-9)11(14)15/h2-5,14-15H,6-7H2,1H3,(H,12,13). The number of amides is 1. The predicted octanol–water partition coefficient (Wildman–Crippen LogP) is -0.659. The molecule has 6 heteroatoms. The second-order valence-electron chi connectivity index (χ2n) is 3.29. The van der Waals surface area contributed by atoms with Crippen LogP contribution in [-0.2, 0) is 9.53 Å². The van der Waals surface area contributed by atoms with E-state index in [2.05, 4.69) is 5.32 Å². The van der Waals surface area contributed by atoms with Gasteiger partial charge >= 0.3 is 7.12 Å². The lowest BCUT2D eigenvalue weighted by atomic mass is 9.80. The van der Waals surface area contributed by atoms with E-state index in [1.54, 1.807) is 12.1 Å². The Labute approximate surface area is 94.2 Å². The third kappa shape index (κ3) is 4.02. The molecule has 0 atom stereocenters. The number of carbonyl (C=O) groups is 1. The minimum Gasteiger partial charge on any atom is -0.423 e. The van der Waals surface area contributed by atoms with E-state index in [9.17, 15) is 4.79 Å². The van der Waals surface area contributed by atoms with Crippen LogP contribution < -0.4 is 10.8 Å². The molecule has 3 N–H and O–H groups in total. The Morgan fingerprint density at radius 1 is 1.38 bits per heavy atom. The van der Waals surface area contributed by atoms with Gasteiger partial charge in [0.05, 0.1) is 13.0 Å². The van der Waals surface area contributed by atoms with Crippen LogP contribution in [0.15, 0.2) is 24.3 Å². The topological polar surface area (TPSA) is 78.8 Å². The summed E-state index contributed by atoms with van der Waals surface area (Å²) in [6.45, 7) is 0.374. The SMILES string of the molecule is COCCC(=O)Nc1ccc(B(O)O)cc1. The molecule has 0 fully saturated rings. The molecule has 0 aliphatic heterocycles. The van der Waals surface area contributed by atoms with Crippen molar-refractivity contribution in [3.63, 3.8) is 0 Å². The van der Waals surface area contributed by atoms with Crippen molar-refractivity contribution in [2.45, 2.75) is 6.42 Å². The number of methoxy groups -OCH3 is 1. The minimum atomic E-state index is -1.49. The summed E-state index contributed by atoms with van der Waals surface area (Å²) in [5.41, 5.74) is 1.00. The Balaban J connectivity index is 2.51. The number of anilines is 1. The molecule has 16 heavy (non-hydrogen) atoms. The molecule has 86 valence electrons. The fourth-order valence-corrected chi connectivity index (χ4v) is 1.16. The van der Waals surface area contributed by atoms with Gasteiger partial charge in [0.1, 0.15) is 0 Å². The predicted molar refractivity (Wildman–Crippen MR) is 61.4 cm³/mol. The summed E-state index contributed by atoms with van der Waals surface area (Å²) in [5.74, 6) is -0.140. The van der Waals surface area contributed by atoms with Gasteiger partial charge < -0.3 is 20.1 Å². The van der Waals surface area contributed by atoms with Gasteiger partial charge in [0.25, 0.3) is 0 Å². The number of ether oxygens (including phenoxy) is 1. The van der Waals surface area contributed by atoms with Gasteiger partial charge in [-0.1, -0.05) is 12.1 Å². The maximum Gasteiger partial charge on any atom is 0.488 e. The summed E-state index contributed by atoms with van der Waals surface area (Å²) in [6, 6.07) is 6.30. The van der Waals surface area contributed by atoms with E-state index in [4.69, 9.17) is 14.8 Å². The first kappa shape index (κ1) is 12.7. The Morgan fingerprint density at radius 3 is 2.50 bits per heavy atom. The Morgan fingerprint density at radius 2 is 2.00 bits per heavy atom. The van der Waals surface area contributed by atoms with Crippen molar-refractivity contribution < 1.29 is 19.6 Å². The van der Waals surface area contributed by atoms with E-state index < -0.39 is 7.12 Å². The van der Waals surface area contributed by atoms with Gasteiger partial charge in [-0.25, -0.2) is 0 Å². The fraction of sp³-hybridized carbons (Fsp3) is 0.300. The molecule has 0 saturated carbocycles. The van der Waals surface area contributed by atoms with Gasteiger partial charge in [-0.3, -0.25) is 4.79 Å². The van der Waals surface area contributed by atoms with Crippen molar-refractivity contribution in [1.82, 2.24) is 0 Å². The van der Waals surface area contributed by atoms with Crippen LogP contribution in [0.25, 0.3) is 0 Å². The monoisotopic (exact) mass is 223 g/mol. The largest absolute Gasteiger partial charge is 0.488 e. The summed E-state index contributed by atoms with van der Waals surface area (Å²) in [6.07, 6.45) is 0.293. The Bertz CT molecular complexity index is 339. The van der Waals surface area contributed by atoms with E-state index in [1.807, 2.05) is 0 Å². The van der Waals surface area contributed by atoms with Crippen molar-refractivity contribution in [1.29, 1.82) is 0 Å². The van der Waals surface area contributed by atoms with Crippen molar-refractivity contribution in [3.05, 3.63) is 24.3 Å². The van der Waals surface area contributed by atoms with Crippen LogP contribution >= 0.6 is 0 Å². The smallest absolute Gasteiger partial charge is 0.423 e. The lowest BCUT2D eigenvalue weighted by Crippen LogP contribution is -2.29. The van der Waals surface area contributed by atoms with Crippen LogP contribution in [0.2, 0.25) is 0 Å². The average Bonchev–Trinajstić information content (AvgIpc) is 2.27.